The van der Waals surface area contributed by atoms with Crippen LogP contribution in [0.4, 0.5) is 0 Å². The number of phenols is 1. The molecular formula is C17H16O3. The highest BCUT2D eigenvalue weighted by atomic mass is 16.5. The van der Waals surface area contributed by atoms with E-state index in [1.165, 1.54) is 0 Å². The van der Waals surface area contributed by atoms with E-state index < -0.39 is 5.60 Å². The van der Waals surface area contributed by atoms with Crippen LogP contribution in [0.25, 0.3) is 11.1 Å². The van der Waals surface area contributed by atoms with Crippen LogP contribution in [0.2, 0.25) is 0 Å². The number of aromatic hydroxyl groups is 1. The lowest BCUT2D eigenvalue weighted by Crippen LogP contribution is -2.35. The Hall–Kier alpha value is -2.29. The average Bonchev–Trinajstić information content (AvgIpc) is 2.36. The van der Waals surface area contributed by atoms with Gasteiger partial charge in [-0.2, -0.15) is 0 Å². The van der Waals surface area contributed by atoms with Crippen LogP contribution in [0, 0.1) is 0 Å². The Morgan fingerprint density at radius 1 is 1.10 bits per heavy atom. The van der Waals surface area contributed by atoms with Gasteiger partial charge in [0.05, 0.1) is 12.0 Å². The van der Waals surface area contributed by atoms with Crippen molar-refractivity contribution in [2.24, 2.45) is 0 Å². The number of carbonyl (C=O) groups excluding carboxylic acids is 1. The van der Waals surface area contributed by atoms with Crippen LogP contribution in [0.5, 0.6) is 11.5 Å². The molecule has 0 bridgehead atoms. The summed E-state index contributed by atoms with van der Waals surface area (Å²) >= 11 is 0. The number of phenolic OH excluding ortho intramolecular Hbond substituents is 1. The van der Waals surface area contributed by atoms with Gasteiger partial charge in [0, 0.05) is 0 Å². The van der Waals surface area contributed by atoms with Gasteiger partial charge in [0.2, 0.25) is 0 Å². The van der Waals surface area contributed by atoms with Crippen molar-refractivity contribution in [3.8, 4) is 22.6 Å². The van der Waals surface area contributed by atoms with Crippen molar-refractivity contribution in [3.05, 3.63) is 48.0 Å². The summed E-state index contributed by atoms with van der Waals surface area (Å²) in [6, 6.07) is 12.6. The topological polar surface area (TPSA) is 46.5 Å². The van der Waals surface area contributed by atoms with Crippen molar-refractivity contribution in [2.45, 2.75) is 25.9 Å². The molecule has 3 nitrogen and oxygen atoms in total. The molecule has 0 saturated carbocycles. The summed E-state index contributed by atoms with van der Waals surface area (Å²) in [6.45, 7) is 3.82. The van der Waals surface area contributed by atoms with Gasteiger partial charge in [0.15, 0.2) is 5.78 Å². The largest absolute Gasteiger partial charge is 0.508 e. The van der Waals surface area contributed by atoms with Crippen molar-refractivity contribution in [1.29, 1.82) is 0 Å². The molecule has 0 radical (unpaired) electrons. The van der Waals surface area contributed by atoms with E-state index in [1.54, 1.807) is 24.3 Å². The van der Waals surface area contributed by atoms with E-state index in [0.29, 0.717) is 17.7 Å². The molecule has 20 heavy (non-hydrogen) atoms. The summed E-state index contributed by atoms with van der Waals surface area (Å²) in [7, 11) is 0. The summed E-state index contributed by atoms with van der Waals surface area (Å²) < 4.78 is 5.90. The Bertz CT molecular complexity index is 686. The highest BCUT2D eigenvalue weighted by Crippen LogP contribution is 2.36. The predicted octanol–water partition coefficient (Wildman–Crippen LogP) is 3.80. The number of rotatable bonds is 1. The monoisotopic (exact) mass is 268 g/mol. The first-order chi connectivity index (χ1) is 9.44. The summed E-state index contributed by atoms with van der Waals surface area (Å²) in [5, 5.41) is 9.55. The first kappa shape index (κ1) is 12.7. The van der Waals surface area contributed by atoms with Gasteiger partial charge in [-0.1, -0.05) is 18.2 Å². The van der Waals surface area contributed by atoms with Gasteiger partial charge in [-0.3, -0.25) is 4.79 Å². The van der Waals surface area contributed by atoms with E-state index in [4.69, 9.17) is 4.74 Å². The average molecular weight is 268 g/mol. The zero-order valence-electron chi connectivity index (χ0n) is 11.5. The maximum absolute atomic E-state index is 12.1. The second-order valence-electron chi connectivity index (χ2n) is 5.72. The predicted molar refractivity (Wildman–Crippen MR) is 77.2 cm³/mol. The molecule has 0 aliphatic carbocycles. The third kappa shape index (κ3) is 2.27. The molecule has 2 aromatic carbocycles. The Labute approximate surface area is 117 Å². The maximum atomic E-state index is 12.1. The SMILES string of the molecule is CC1(C)CC(=O)c2ccc(-c3cccc(O)c3)cc2O1. The quantitative estimate of drug-likeness (QED) is 0.855. The number of hydrogen-bond acceptors (Lipinski definition) is 3. The van der Waals surface area contributed by atoms with Gasteiger partial charge in [0.25, 0.3) is 0 Å². The molecule has 2 aromatic rings. The lowest BCUT2D eigenvalue weighted by Gasteiger charge is -2.31. The van der Waals surface area contributed by atoms with Crippen molar-refractivity contribution < 1.29 is 14.6 Å². The molecule has 3 heteroatoms. The lowest BCUT2D eigenvalue weighted by atomic mass is 9.91. The summed E-state index contributed by atoms with van der Waals surface area (Å²) in [6.07, 6.45) is 0.394. The summed E-state index contributed by atoms with van der Waals surface area (Å²) in [5.41, 5.74) is 1.98. The molecule has 0 atom stereocenters. The third-order valence-electron chi connectivity index (χ3n) is 3.43. The number of carbonyl (C=O) groups is 1. The Balaban J connectivity index is 2.07. The maximum Gasteiger partial charge on any atom is 0.170 e. The normalized spacial score (nSPS) is 16.4. The van der Waals surface area contributed by atoms with Crippen molar-refractivity contribution in [3.63, 3.8) is 0 Å². The summed E-state index contributed by atoms with van der Waals surface area (Å²) in [5.74, 6) is 0.948. The molecule has 0 spiro atoms. The molecule has 1 aliphatic heterocycles. The van der Waals surface area contributed by atoms with Crippen LogP contribution in [0.3, 0.4) is 0 Å². The van der Waals surface area contributed by atoms with Gasteiger partial charge < -0.3 is 9.84 Å². The third-order valence-corrected chi connectivity index (χ3v) is 3.43. The highest BCUT2D eigenvalue weighted by molar-refractivity contribution is 6.00. The molecule has 1 N–H and O–H groups in total. The molecule has 1 aliphatic rings. The molecule has 3 rings (SSSR count). The van der Waals surface area contributed by atoms with Crippen molar-refractivity contribution >= 4 is 5.78 Å². The van der Waals surface area contributed by atoms with E-state index in [2.05, 4.69) is 0 Å². The molecule has 102 valence electrons. The van der Waals surface area contributed by atoms with Crippen molar-refractivity contribution in [2.75, 3.05) is 0 Å². The van der Waals surface area contributed by atoms with Crippen LogP contribution in [0.15, 0.2) is 42.5 Å². The molecule has 0 amide bonds. The summed E-state index contributed by atoms with van der Waals surface area (Å²) in [4.78, 5) is 12.1. The first-order valence-electron chi connectivity index (χ1n) is 6.60. The van der Waals surface area contributed by atoms with E-state index in [0.717, 1.165) is 11.1 Å². The van der Waals surface area contributed by atoms with Gasteiger partial charge in [-0.25, -0.2) is 0 Å². The van der Waals surface area contributed by atoms with E-state index >= 15 is 0 Å². The minimum atomic E-state index is -0.471. The second kappa shape index (κ2) is 4.37. The molecule has 0 unspecified atom stereocenters. The van der Waals surface area contributed by atoms with Crippen LogP contribution < -0.4 is 4.74 Å². The van der Waals surface area contributed by atoms with Crippen LogP contribution in [-0.2, 0) is 0 Å². The number of Topliss-reactive ketones (excluding diaryl/α,β-unsaturated/α-hetero) is 1. The first-order valence-corrected chi connectivity index (χ1v) is 6.60. The molecule has 1 heterocycles. The minimum Gasteiger partial charge on any atom is -0.508 e. The smallest absolute Gasteiger partial charge is 0.170 e. The van der Waals surface area contributed by atoms with Crippen LogP contribution in [-0.4, -0.2) is 16.5 Å². The fourth-order valence-electron chi connectivity index (χ4n) is 2.52. The van der Waals surface area contributed by atoms with E-state index in [-0.39, 0.29) is 11.5 Å². The number of benzene rings is 2. The molecule has 0 fully saturated rings. The number of fused-ring (bicyclic) bond motifs is 1. The van der Waals surface area contributed by atoms with E-state index in [1.807, 2.05) is 32.0 Å². The molecule has 0 aromatic heterocycles. The minimum absolute atomic E-state index is 0.110. The number of hydrogen-bond donors (Lipinski definition) is 1. The molecular weight excluding hydrogens is 252 g/mol. The standard InChI is InChI=1S/C17H16O3/c1-17(2)10-15(19)14-7-6-12(9-16(14)20-17)11-4-3-5-13(18)8-11/h3-9,18H,10H2,1-2H3. The fourth-order valence-corrected chi connectivity index (χ4v) is 2.52. The van der Waals surface area contributed by atoms with Gasteiger partial charge in [0.1, 0.15) is 17.1 Å². The van der Waals surface area contributed by atoms with Gasteiger partial charge in [-0.15, -0.1) is 0 Å². The zero-order chi connectivity index (χ0) is 14.3. The van der Waals surface area contributed by atoms with Crippen LogP contribution >= 0.6 is 0 Å². The zero-order valence-corrected chi connectivity index (χ0v) is 11.5. The Morgan fingerprint density at radius 2 is 1.85 bits per heavy atom. The molecule has 0 saturated heterocycles. The van der Waals surface area contributed by atoms with Gasteiger partial charge >= 0.3 is 0 Å². The lowest BCUT2D eigenvalue weighted by molar-refractivity contribution is 0.0620. The van der Waals surface area contributed by atoms with Crippen molar-refractivity contribution in [1.82, 2.24) is 0 Å². The number of ketones is 1. The van der Waals surface area contributed by atoms with Crippen LogP contribution in [0.1, 0.15) is 30.6 Å². The highest BCUT2D eigenvalue weighted by Gasteiger charge is 2.32. The van der Waals surface area contributed by atoms with Gasteiger partial charge in [-0.05, 0) is 49.2 Å². The van der Waals surface area contributed by atoms with E-state index in [9.17, 15) is 9.90 Å². The Kier molecular flexibility index (Phi) is 2.78. The fraction of sp³-hybridized carbons (Fsp3) is 0.235. The Morgan fingerprint density at radius 3 is 2.60 bits per heavy atom. The second-order valence-corrected chi connectivity index (χ2v) is 5.72. The number of ether oxygens (including phenoxy) is 1.